The van der Waals surface area contributed by atoms with E-state index in [1.54, 1.807) is 13.0 Å². The number of halogens is 3. The Hall–Kier alpha value is -1.45. The minimum absolute atomic E-state index is 0.238. The molecule has 19 heavy (non-hydrogen) atoms. The van der Waals surface area contributed by atoms with Gasteiger partial charge in [-0.25, -0.2) is 8.78 Å². The van der Waals surface area contributed by atoms with Gasteiger partial charge in [0.2, 0.25) is 0 Å². The van der Waals surface area contributed by atoms with Crippen molar-refractivity contribution in [3.05, 3.63) is 70.2 Å². The number of benzene rings is 2. The largest absolute Gasteiger partial charge is 0.380 e. The molecule has 1 N–H and O–H groups in total. The van der Waals surface area contributed by atoms with Crippen LogP contribution in [0, 0.1) is 11.6 Å². The Labute approximate surface area is 115 Å². The van der Waals surface area contributed by atoms with E-state index in [0.717, 1.165) is 0 Å². The molecule has 0 aliphatic rings. The predicted octanol–water partition coefficient (Wildman–Crippen LogP) is 4.26. The lowest BCUT2D eigenvalue weighted by molar-refractivity contribution is 0.0759. The van der Waals surface area contributed by atoms with Gasteiger partial charge < -0.3 is 5.11 Å². The van der Waals surface area contributed by atoms with E-state index in [9.17, 15) is 13.9 Å². The minimum atomic E-state index is -1.51. The van der Waals surface area contributed by atoms with Gasteiger partial charge >= 0.3 is 0 Å². The Morgan fingerprint density at radius 2 is 1.79 bits per heavy atom. The summed E-state index contributed by atoms with van der Waals surface area (Å²) in [6.07, 6.45) is 0.250. The Kier molecular flexibility index (Phi) is 3.88. The molecule has 2 aromatic rings. The van der Waals surface area contributed by atoms with Crippen molar-refractivity contribution >= 4 is 11.6 Å². The highest BCUT2D eigenvalue weighted by molar-refractivity contribution is 6.31. The second-order valence-electron chi connectivity index (χ2n) is 4.35. The molecule has 0 radical (unpaired) electrons. The summed E-state index contributed by atoms with van der Waals surface area (Å²) < 4.78 is 26.7. The van der Waals surface area contributed by atoms with Crippen LogP contribution in [-0.4, -0.2) is 5.11 Å². The van der Waals surface area contributed by atoms with Gasteiger partial charge in [-0.2, -0.15) is 0 Å². The molecule has 0 fully saturated rings. The van der Waals surface area contributed by atoms with Gasteiger partial charge in [0.25, 0.3) is 0 Å². The zero-order valence-electron chi connectivity index (χ0n) is 10.3. The van der Waals surface area contributed by atoms with Gasteiger partial charge in [-0.15, -0.1) is 0 Å². The number of rotatable bonds is 3. The SMILES string of the molecule is CCC(O)(c1cccc(F)c1)c1cc(F)ccc1Cl. The summed E-state index contributed by atoms with van der Waals surface area (Å²) in [7, 11) is 0. The first-order valence-electron chi connectivity index (χ1n) is 5.91. The van der Waals surface area contributed by atoms with E-state index < -0.39 is 17.2 Å². The van der Waals surface area contributed by atoms with E-state index in [1.807, 2.05) is 0 Å². The van der Waals surface area contributed by atoms with Crippen molar-refractivity contribution in [3.8, 4) is 0 Å². The van der Waals surface area contributed by atoms with Crippen molar-refractivity contribution in [1.29, 1.82) is 0 Å². The number of aliphatic hydroxyl groups is 1. The second kappa shape index (κ2) is 5.27. The van der Waals surface area contributed by atoms with Crippen LogP contribution in [0.1, 0.15) is 24.5 Å². The quantitative estimate of drug-likeness (QED) is 0.891. The highest BCUT2D eigenvalue weighted by atomic mass is 35.5. The maximum Gasteiger partial charge on any atom is 0.123 e. The lowest BCUT2D eigenvalue weighted by Crippen LogP contribution is -2.27. The van der Waals surface area contributed by atoms with Gasteiger partial charge in [0.15, 0.2) is 0 Å². The van der Waals surface area contributed by atoms with Crippen LogP contribution in [0.25, 0.3) is 0 Å². The molecule has 1 unspecified atom stereocenters. The van der Waals surface area contributed by atoms with Crippen molar-refractivity contribution in [2.45, 2.75) is 18.9 Å². The minimum Gasteiger partial charge on any atom is -0.380 e. The first-order chi connectivity index (χ1) is 8.97. The van der Waals surface area contributed by atoms with E-state index in [0.29, 0.717) is 5.56 Å². The topological polar surface area (TPSA) is 20.2 Å². The first kappa shape index (κ1) is 14.0. The molecule has 1 atom stereocenters. The monoisotopic (exact) mass is 282 g/mol. The standard InChI is InChI=1S/C15H13ClF2O/c1-2-15(19,10-4-3-5-11(17)8-10)13-9-12(18)6-7-14(13)16/h3-9,19H,2H2,1H3. The van der Waals surface area contributed by atoms with Gasteiger partial charge in [-0.1, -0.05) is 30.7 Å². The molecule has 0 aliphatic carbocycles. The smallest absolute Gasteiger partial charge is 0.123 e. The normalized spacial score (nSPS) is 14.2. The van der Waals surface area contributed by atoms with Gasteiger partial charge in [0, 0.05) is 10.6 Å². The molecule has 0 heterocycles. The van der Waals surface area contributed by atoms with E-state index in [2.05, 4.69) is 0 Å². The highest BCUT2D eigenvalue weighted by Crippen LogP contribution is 2.37. The third-order valence-electron chi connectivity index (χ3n) is 3.19. The summed E-state index contributed by atoms with van der Waals surface area (Å²) in [5, 5.41) is 11.0. The number of hydrogen-bond donors (Lipinski definition) is 1. The number of hydrogen-bond acceptors (Lipinski definition) is 1. The van der Waals surface area contributed by atoms with Crippen molar-refractivity contribution in [1.82, 2.24) is 0 Å². The molecule has 0 saturated heterocycles. The van der Waals surface area contributed by atoms with Crippen LogP contribution in [0.15, 0.2) is 42.5 Å². The van der Waals surface area contributed by atoms with Gasteiger partial charge in [-0.3, -0.25) is 0 Å². The summed E-state index contributed by atoms with van der Waals surface area (Å²) in [4.78, 5) is 0. The second-order valence-corrected chi connectivity index (χ2v) is 4.76. The van der Waals surface area contributed by atoms with E-state index >= 15 is 0 Å². The highest BCUT2D eigenvalue weighted by Gasteiger charge is 2.32. The van der Waals surface area contributed by atoms with Crippen LogP contribution >= 0.6 is 11.6 Å². The molecular formula is C15H13ClF2O. The average molecular weight is 283 g/mol. The molecule has 4 heteroatoms. The molecule has 1 nitrogen and oxygen atoms in total. The summed E-state index contributed by atoms with van der Waals surface area (Å²) in [5.74, 6) is -0.959. The zero-order chi connectivity index (χ0) is 14.0. The molecular weight excluding hydrogens is 270 g/mol. The van der Waals surface area contributed by atoms with Gasteiger partial charge in [-0.05, 0) is 42.3 Å². The van der Waals surface area contributed by atoms with Crippen molar-refractivity contribution in [2.24, 2.45) is 0 Å². The fraction of sp³-hybridized carbons (Fsp3) is 0.200. The third-order valence-corrected chi connectivity index (χ3v) is 3.52. The lowest BCUT2D eigenvalue weighted by Gasteiger charge is -2.29. The first-order valence-corrected chi connectivity index (χ1v) is 6.29. The van der Waals surface area contributed by atoms with Gasteiger partial charge in [0.1, 0.15) is 17.2 Å². The van der Waals surface area contributed by atoms with E-state index in [-0.39, 0.29) is 17.0 Å². The fourth-order valence-corrected chi connectivity index (χ4v) is 2.38. The zero-order valence-corrected chi connectivity index (χ0v) is 11.1. The molecule has 100 valence electrons. The van der Waals surface area contributed by atoms with Crippen LogP contribution in [0.5, 0.6) is 0 Å². The maximum absolute atomic E-state index is 13.4. The molecule has 0 amide bonds. The van der Waals surface area contributed by atoms with Crippen molar-refractivity contribution < 1.29 is 13.9 Å². The van der Waals surface area contributed by atoms with Gasteiger partial charge in [0.05, 0.1) is 0 Å². The van der Waals surface area contributed by atoms with Crippen molar-refractivity contribution in [2.75, 3.05) is 0 Å². The molecule has 2 rings (SSSR count). The summed E-state index contributed by atoms with van der Waals surface area (Å²) in [6.45, 7) is 1.73. The Balaban J connectivity index is 2.62. The van der Waals surface area contributed by atoms with E-state index in [4.69, 9.17) is 11.6 Å². The molecule has 2 aromatic carbocycles. The summed E-state index contributed by atoms with van der Waals surface area (Å²) in [5.41, 5.74) is -0.925. The molecule has 0 saturated carbocycles. The van der Waals surface area contributed by atoms with Crippen LogP contribution in [0.3, 0.4) is 0 Å². The van der Waals surface area contributed by atoms with Crippen LogP contribution < -0.4 is 0 Å². The van der Waals surface area contributed by atoms with E-state index in [1.165, 1.54) is 36.4 Å². The average Bonchev–Trinajstić information content (AvgIpc) is 2.40. The van der Waals surface area contributed by atoms with Crippen molar-refractivity contribution in [3.63, 3.8) is 0 Å². The van der Waals surface area contributed by atoms with Crippen LogP contribution in [0.4, 0.5) is 8.78 Å². The fourth-order valence-electron chi connectivity index (χ4n) is 2.11. The molecule has 0 spiro atoms. The third kappa shape index (κ3) is 2.62. The summed E-state index contributed by atoms with van der Waals surface area (Å²) >= 11 is 6.03. The van der Waals surface area contributed by atoms with Crippen LogP contribution in [0.2, 0.25) is 5.02 Å². The molecule has 0 aliphatic heterocycles. The Bertz CT molecular complexity index is 600. The predicted molar refractivity (Wildman–Crippen MR) is 71.1 cm³/mol. The molecule has 0 aromatic heterocycles. The Morgan fingerprint density at radius 1 is 1.11 bits per heavy atom. The Morgan fingerprint density at radius 3 is 2.42 bits per heavy atom. The maximum atomic E-state index is 13.4. The van der Waals surface area contributed by atoms with Crippen LogP contribution in [-0.2, 0) is 5.60 Å². The lowest BCUT2D eigenvalue weighted by atomic mass is 9.84. The molecule has 0 bridgehead atoms. The summed E-state index contributed by atoms with van der Waals surface area (Å²) in [6, 6.07) is 9.38.